The summed E-state index contributed by atoms with van der Waals surface area (Å²) < 4.78 is 0. The van der Waals surface area contributed by atoms with Gasteiger partial charge in [-0.25, -0.2) is 0 Å². The highest BCUT2D eigenvalue weighted by atomic mass is 35.5. The van der Waals surface area contributed by atoms with Gasteiger partial charge < -0.3 is 15.3 Å². The molecule has 0 bridgehead atoms. The monoisotopic (exact) mass is 402 g/mol. The molecule has 0 aromatic rings. The molecule has 0 amide bonds. The summed E-state index contributed by atoms with van der Waals surface area (Å²) in [6, 6.07) is 0. The van der Waals surface area contributed by atoms with Crippen molar-refractivity contribution in [2.45, 2.75) is 103 Å². The Hall–Kier alpha value is -0.580. The lowest BCUT2D eigenvalue weighted by atomic mass is 9.80. The molecule has 0 aromatic heterocycles. The molecule has 0 saturated heterocycles. The Labute approximate surface area is 170 Å². The van der Waals surface area contributed by atoms with Crippen molar-refractivity contribution in [2.24, 2.45) is 17.3 Å². The molecule has 158 valence electrons. The van der Waals surface area contributed by atoms with Crippen LogP contribution in [-0.4, -0.2) is 38.9 Å². The zero-order valence-electron chi connectivity index (χ0n) is 17.2. The quantitative estimate of drug-likeness (QED) is 0.226. The first kappa shape index (κ1) is 24.5. The molecule has 1 rings (SSSR count). The first-order chi connectivity index (χ1) is 12.7. The zero-order valence-corrected chi connectivity index (χ0v) is 18.0. The maximum atomic E-state index is 10.6. The fourth-order valence-corrected chi connectivity index (χ4v) is 4.49. The van der Waals surface area contributed by atoms with E-state index in [4.69, 9.17) is 16.7 Å². The lowest BCUT2D eigenvalue weighted by Gasteiger charge is -2.29. The third kappa shape index (κ3) is 8.53. The van der Waals surface area contributed by atoms with E-state index < -0.39 is 18.2 Å². The van der Waals surface area contributed by atoms with E-state index in [1.54, 1.807) is 0 Å². The van der Waals surface area contributed by atoms with Crippen LogP contribution >= 0.6 is 11.6 Å². The fourth-order valence-electron chi connectivity index (χ4n) is 4.02. The van der Waals surface area contributed by atoms with Crippen LogP contribution in [0.2, 0.25) is 0 Å². The fraction of sp³-hybridized carbons (Fsp3) is 0.864. The molecule has 5 heteroatoms. The number of hydrogen-bond donors (Lipinski definition) is 3. The van der Waals surface area contributed by atoms with Gasteiger partial charge in [0.1, 0.15) is 0 Å². The van der Waals surface area contributed by atoms with Gasteiger partial charge in [-0.05, 0) is 37.0 Å². The van der Waals surface area contributed by atoms with Gasteiger partial charge in [-0.1, -0.05) is 65.0 Å². The van der Waals surface area contributed by atoms with Gasteiger partial charge in [-0.3, -0.25) is 4.79 Å². The second-order valence-electron chi connectivity index (χ2n) is 8.83. The Kier molecular flexibility index (Phi) is 10.9. The van der Waals surface area contributed by atoms with Crippen LogP contribution in [0.1, 0.15) is 85.0 Å². The number of halogens is 1. The van der Waals surface area contributed by atoms with Crippen LogP contribution in [0.4, 0.5) is 0 Å². The van der Waals surface area contributed by atoms with E-state index in [2.05, 4.69) is 20.8 Å². The number of unbranched alkanes of at least 4 members (excludes halogenated alkanes) is 4. The minimum atomic E-state index is -0.736. The summed E-state index contributed by atoms with van der Waals surface area (Å²) in [5, 5.41) is 29.6. The van der Waals surface area contributed by atoms with Crippen molar-refractivity contribution in [3.63, 3.8) is 0 Å². The third-order valence-electron chi connectivity index (χ3n) is 6.04. The number of rotatable bonds is 13. The Morgan fingerprint density at radius 2 is 1.89 bits per heavy atom. The number of alkyl halides is 1. The molecule has 0 aromatic carbocycles. The van der Waals surface area contributed by atoms with Gasteiger partial charge in [0.2, 0.25) is 0 Å². The average molecular weight is 403 g/mol. The highest BCUT2D eigenvalue weighted by molar-refractivity contribution is 6.21. The second kappa shape index (κ2) is 12.1. The highest BCUT2D eigenvalue weighted by Gasteiger charge is 2.39. The van der Waals surface area contributed by atoms with E-state index in [1.807, 2.05) is 12.2 Å². The van der Waals surface area contributed by atoms with Crippen LogP contribution < -0.4 is 0 Å². The van der Waals surface area contributed by atoms with Crippen molar-refractivity contribution in [3.8, 4) is 0 Å². The van der Waals surface area contributed by atoms with Crippen molar-refractivity contribution in [2.75, 3.05) is 0 Å². The number of carboxylic acids is 1. The van der Waals surface area contributed by atoms with Gasteiger partial charge in [0.05, 0.1) is 12.2 Å². The summed E-state index contributed by atoms with van der Waals surface area (Å²) in [6.07, 6.45) is 11.4. The molecule has 0 aliphatic heterocycles. The van der Waals surface area contributed by atoms with Crippen molar-refractivity contribution < 1.29 is 20.1 Å². The van der Waals surface area contributed by atoms with E-state index in [9.17, 15) is 15.0 Å². The van der Waals surface area contributed by atoms with Crippen molar-refractivity contribution in [1.82, 2.24) is 0 Å². The molecule has 27 heavy (non-hydrogen) atoms. The Morgan fingerprint density at radius 1 is 1.22 bits per heavy atom. The summed E-state index contributed by atoms with van der Waals surface area (Å²) in [7, 11) is 0. The SMILES string of the molecule is CCCCC(C)(C)[C@H](O)/C=C/[C@@H]1[C@@H](CCCCCCC(=O)O)[C@H](Cl)C[C@H]1O. The number of aliphatic hydroxyl groups excluding tert-OH is 2. The lowest BCUT2D eigenvalue weighted by Crippen LogP contribution is -2.28. The molecular weight excluding hydrogens is 364 g/mol. The highest BCUT2D eigenvalue weighted by Crippen LogP contribution is 2.40. The lowest BCUT2D eigenvalue weighted by molar-refractivity contribution is -0.137. The molecule has 0 heterocycles. The van der Waals surface area contributed by atoms with Crippen molar-refractivity contribution >= 4 is 17.6 Å². The summed E-state index contributed by atoms with van der Waals surface area (Å²) in [4.78, 5) is 10.5. The normalized spacial score (nSPS) is 27.3. The molecule has 0 unspecified atom stereocenters. The van der Waals surface area contributed by atoms with Gasteiger partial charge >= 0.3 is 5.97 Å². The number of hydrogen-bond acceptors (Lipinski definition) is 3. The summed E-state index contributed by atoms with van der Waals surface area (Å²) in [5.41, 5.74) is -0.171. The number of carboxylic acid groups (broad SMARTS) is 1. The Balaban J connectivity index is 2.53. The van der Waals surface area contributed by atoms with Crippen LogP contribution in [0, 0.1) is 17.3 Å². The van der Waals surface area contributed by atoms with E-state index in [0.717, 1.165) is 51.4 Å². The molecule has 1 saturated carbocycles. The smallest absolute Gasteiger partial charge is 0.303 e. The maximum Gasteiger partial charge on any atom is 0.303 e. The molecule has 1 fully saturated rings. The Bertz CT molecular complexity index is 463. The van der Waals surface area contributed by atoms with Crippen LogP contribution in [0.3, 0.4) is 0 Å². The van der Waals surface area contributed by atoms with Gasteiger partial charge in [0.15, 0.2) is 0 Å². The van der Waals surface area contributed by atoms with Crippen molar-refractivity contribution in [1.29, 1.82) is 0 Å². The van der Waals surface area contributed by atoms with E-state index in [-0.39, 0.29) is 29.0 Å². The van der Waals surface area contributed by atoms with Gasteiger partial charge in [0, 0.05) is 17.7 Å². The number of aliphatic carboxylic acids is 1. The largest absolute Gasteiger partial charge is 0.481 e. The number of aliphatic hydroxyl groups is 2. The van der Waals surface area contributed by atoms with Gasteiger partial charge in [-0.15, -0.1) is 11.6 Å². The second-order valence-corrected chi connectivity index (χ2v) is 9.39. The minimum Gasteiger partial charge on any atom is -0.481 e. The summed E-state index contributed by atoms with van der Waals surface area (Å²) >= 11 is 6.49. The maximum absolute atomic E-state index is 10.6. The molecule has 4 nitrogen and oxygen atoms in total. The minimum absolute atomic E-state index is 0.0110. The molecule has 1 aliphatic carbocycles. The standard InChI is InChI=1S/C22H39ClO4/c1-4-5-14-22(2,3)20(25)13-12-17-16(18(23)15-19(17)24)10-8-6-7-9-11-21(26)27/h12-13,16-20,24-25H,4-11,14-15H2,1-3H3,(H,26,27)/b13-12+/t16-,17-,18-,19-,20-/m1/s1. The van der Waals surface area contributed by atoms with Gasteiger partial charge in [-0.2, -0.15) is 0 Å². The topological polar surface area (TPSA) is 77.8 Å². The predicted molar refractivity (Wildman–Crippen MR) is 111 cm³/mol. The molecule has 1 aliphatic rings. The van der Waals surface area contributed by atoms with E-state index in [1.165, 1.54) is 0 Å². The first-order valence-electron chi connectivity index (χ1n) is 10.6. The van der Waals surface area contributed by atoms with Crippen LogP contribution in [0.25, 0.3) is 0 Å². The van der Waals surface area contributed by atoms with E-state index in [0.29, 0.717) is 6.42 Å². The molecule has 3 N–H and O–H groups in total. The van der Waals surface area contributed by atoms with E-state index >= 15 is 0 Å². The summed E-state index contributed by atoms with van der Waals surface area (Å²) in [6.45, 7) is 6.32. The molecule has 5 atom stereocenters. The molecule has 0 radical (unpaired) electrons. The third-order valence-corrected chi connectivity index (χ3v) is 6.54. The van der Waals surface area contributed by atoms with Crippen LogP contribution in [0.5, 0.6) is 0 Å². The predicted octanol–water partition coefficient (Wildman–Crippen LogP) is 5.15. The Morgan fingerprint density at radius 3 is 2.52 bits per heavy atom. The number of carbonyl (C=O) groups is 1. The van der Waals surface area contributed by atoms with Crippen molar-refractivity contribution in [3.05, 3.63) is 12.2 Å². The van der Waals surface area contributed by atoms with Gasteiger partial charge in [0.25, 0.3) is 0 Å². The van der Waals surface area contributed by atoms with Crippen LogP contribution in [0.15, 0.2) is 12.2 Å². The summed E-state index contributed by atoms with van der Waals surface area (Å²) in [5.74, 6) is -0.535. The molecular formula is C22H39ClO4. The molecule has 0 spiro atoms. The zero-order chi connectivity index (χ0) is 20.4. The average Bonchev–Trinajstić information content (AvgIpc) is 2.86. The van der Waals surface area contributed by atoms with Crippen LogP contribution in [-0.2, 0) is 4.79 Å². The first-order valence-corrected chi connectivity index (χ1v) is 11.0.